The zero-order valence-electron chi connectivity index (χ0n) is 9.94. The lowest BCUT2D eigenvalue weighted by molar-refractivity contribution is 0.101. The summed E-state index contributed by atoms with van der Waals surface area (Å²) in [6.07, 6.45) is 4.19. The lowest BCUT2D eigenvalue weighted by Gasteiger charge is -2.17. The Labute approximate surface area is 96.5 Å². The van der Waals surface area contributed by atoms with Gasteiger partial charge in [0.2, 0.25) is 0 Å². The molecule has 1 unspecified atom stereocenters. The van der Waals surface area contributed by atoms with Crippen molar-refractivity contribution < 1.29 is 4.79 Å². The molecule has 0 amide bonds. The molecule has 1 aromatic rings. The smallest absolute Gasteiger partial charge is 0.159 e. The molecule has 0 saturated carbocycles. The lowest BCUT2D eigenvalue weighted by Crippen LogP contribution is -2.20. The molecule has 2 heterocycles. The van der Waals surface area contributed by atoms with Crippen molar-refractivity contribution in [3.63, 3.8) is 0 Å². The van der Waals surface area contributed by atoms with Gasteiger partial charge in [-0.25, -0.2) is 4.98 Å². The number of carbonyl (C=O) groups excluding carboxylic acids is 1. The predicted molar refractivity (Wildman–Crippen MR) is 64.9 cm³/mol. The van der Waals surface area contributed by atoms with Crippen LogP contribution < -0.4 is 4.90 Å². The van der Waals surface area contributed by atoms with E-state index in [4.69, 9.17) is 0 Å². The summed E-state index contributed by atoms with van der Waals surface area (Å²) in [4.78, 5) is 17.9. The molecule has 0 aliphatic carbocycles. The molecule has 3 heteroatoms. The summed E-state index contributed by atoms with van der Waals surface area (Å²) in [5.74, 6) is 1.83. The third-order valence-electron chi connectivity index (χ3n) is 3.34. The highest BCUT2D eigenvalue weighted by Gasteiger charge is 2.22. The van der Waals surface area contributed by atoms with E-state index in [1.54, 1.807) is 19.2 Å². The monoisotopic (exact) mass is 218 g/mol. The lowest BCUT2D eigenvalue weighted by atomic mass is 10.1. The SMILES string of the molecule is CCC1CCN(c2cc(C(C)=O)ccn2)C1. The fourth-order valence-corrected chi connectivity index (χ4v) is 2.18. The number of anilines is 1. The number of hydrogen-bond donors (Lipinski definition) is 0. The maximum Gasteiger partial charge on any atom is 0.159 e. The molecule has 0 spiro atoms. The van der Waals surface area contributed by atoms with Crippen molar-refractivity contribution in [1.29, 1.82) is 0 Å². The Morgan fingerprint density at radius 1 is 1.62 bits per heavy atom. The maximum absolute atomic E-state index is 11.3. The van der Waals surface area contributed by atoms with Gasteiger partial charge in [-0.05, 0) is 31.4 Å². The summed E-state index contributed by atoms with van der Waals surface area (Å²) in [6.45, 7) is 5.96. The summed E-state index contributed by atoms with van der Waals surface area (Å²) in [5, 5.41) is 0. The number of ketones is 1. The molecule has 3 nitrogen and oxygen atoms in total. The molecule has 0 N–H and O–H groups in total. The fourth-order valence-electron chi connectivity index (χ4n) is 2.18. The van der Waals surface area contributed by atoms with Gasteiger partial charge < -0.3 is 4.90 Å². The minimum absolute atomic E-state index is 0.106. The molecule has 1 aliphatic heterocycles. The number of rotatable bonds is 3. The number of carbonyl (C=O) groups is 1. The van der Waals surface area contributed by atoms with Gasteiger partial charge in [0.1, 0.15) is 5.82 Å². The van der Waals surface area contributed by atoms with E-state index >= 15 is 0 Å². The van der Waals surface area contributed by atoms with Gasteiger partial charge in [0.15, 0.2) is 5.78 Å². The molecular weight excluding hydrogens is 200 g/mol. The molecule has 1 aromatic heterocycles. The van der Waals surface area contributed by atoms with Crippen LogP contribution >= 0.6 is 0 Å². The average Bonchev–Trinajstić information content (AvgIpc) is 2.77. The number of aromatic nitrogens is 1. The molecule has 1 fully saturated rings. The number of nitrogens with zero attached hydrogens (tertiary/aromatic N) is 2. The minimum Gasteiger partial charge on any atom is -0.356 e. The first kappa shape index (κ1) is 11.1. The predicted octanol–water partition coefficient (Wildman–Crippen LogP) is 2.52. The van der Waals surface area contributed by atoms with Gasteiger partial charge in [-0.1, -0.05) is 13.3 Å². The Morgan fingerprint density at radius 2 is 2.44 bits per heavy atom. The van der Waals surface area contributed by atoms with Crippen molar-refractivity contribution in [3.8, 4) is 0 Å². The van der Waals surface area contributed by atoms with Crippen LogP contribution in [-0.2, 0) is 0 Å². The summed E-state index contributed by atoms with van der Waals surface area (Å²) in [5.41, 5.74) is 0.755. The Kier molecular flexibility index (Phi) is 3.22. The molecular formula is C13H18N2O. The second-order valence-corrected chi connectivity index (χ2v) is 4.47. The van der Waals surface area contributed by atoms with Crippen LogP contribution in [0.4, 0.5) is 5.82 Å². The van der Waals surface area contributed by atoms with Gasteiger partial charge in [0.05, 0.1) is 0 Å². The molecule has 1 saturated heterocycles. The first-order valence-electron chi connectivity index (χ1n) is 5.92. The summed E-state index contributed by atoms with van der Waals surface area (Å²) >= 11 is 0. The van der Waals surface area contributed by atoms with Crippen LogP contribution in [0.3, 0.4) is 0 Å². The van der Waals surface area contributed by atoms with Crippen LogP contribution in [0, 0.1) is 5.92 Å². The molecule has 2 rings (SSSR count). The van der Waals surface area contributed by atoms with Crippen LogP contribution in [0.2, 0.25) is 0 Å². The Balaban J connectivity index is 2.15. The second-order valence-electron chi connectivity index (χ2n) is 4.47. The highest BCUT2D eigenvalue weighted by Crippen LogP contribution is 2.24. The minimum atomic E-state index is 0.106. The van der Waals surface area contributed by atoms with E-state index in [-0.39, 0.29) is 5.78 Å². The summed E-state index contributed by atoms with van der Waals surface area (Å²) < 4.78 is 0. The van der Waals surface area contributed by atoms with Crippen molar-refractivity contribution >= 4 is 11.6 Å². The Morgan fingerprint density at radius 3 is 3.06 bits per heavy atom. The second kappa shape index (κ2) is 4.64. The maximum atomic E-state index is 11.3. The largest absolute Gasteiger partial charge is 0.356 e. The Bertz CT molecular complexity index is 389. The van der Waals surface area contributed by atoms with E-state index in [9.17, 15) is 4.79 Å². The van der Waals surface area contributed by atoms with Crippen molar-refractivity contribution in [2.24, 2.45) is 5.92 Å². The fraction of sp³-hybridized carbons (Fsp3) is 0.538. The average molecular weight is 218 g/mol. The van der Waals surface area contributed by atoms with Gasteiger partial charge in [-0.3, -0.25) is 4.79 Å². The van der Waals surface area contributed by atoms with Crippen LogP contribution in [0.1, 0.15) is 37.0 Å². The van der Waals surface area contributed by atoms with Crippen molar-refractivity contribution in [1.82, 2.24) is 4.98 Å². The molecule has 0 bridgehead atoms. The van der Waals surface area contributed by atoms with Gasteiger partial charge in [-0.2, -0.15) is 0 Å². The zero-order chi connectivity index (χ0) is 11.5. The van der Waals surface area contributed by atoms with E-state index in [0.717, 1.165) is 30.4 Å². The van der Waals surface area contributed by atoms with Crippen LogP contribution in [0.15, 0.2) is 18.3 Å². The summed E-state index contributed by atoms with van der Waals surface area (Å²) in [7, 11) is 0. The van der Waals surface area contributed by atoms with Crippen molar-refractivity contribution in [2.45, 2.75) is 26.7 Å². The van der Waals surface area contributed by atoms with Gasteiger partial charge in [0.25, 0.3) is 0 Å². The van der Waals surface area contributed by atoms with Crippen molar-refractivity contribution in [3.05, 3.63) is 23.9 Å². The quantitative estimate of drug-likeness (QED) is 0.731. The normalized spacial score (nSPS) is 20.1. The first-order chi connectivity index (χ1) is 7.70. The van der Waals surface area contributed by atoms with Gasteiger partial charge in [-0.15, -0.1) is 0 Å². The molecule has 1 aliphatic rings. The van der Waals surface area contributed by atoms with Gasteiger partial charge >= 0.3 is 0 Å². The van der Waals surface area contributed by atoms with E-state index in [2.05, 4.69) is 16.8 Å². The Hall–Kier alpha value is -1.38. The van der Waals surface area contributed by atoms with Crippen LogP contribution in [0.5, 0.6) is 0 Å². The molecule has 1 atom stereocenters. The van der Waals surface area contributed by atoms with Crippen LogP contribution in [0.25, 0.3) is 0 Å². The van der Waals surface area contributed by atoms with Gasteiger partial charge in [0, 0.05) is 24.8 Å². The highest BCUT2D eigenvalue weighted by molar-refractivity contribution is 5.94. The first-order valence-corrected chi connectivity index (χ1v) is 5.92. The number of Topliss-reactive ketones (excluding diaryl/α,β-unsaturated/α-hetero) is 1. The van der Waals surface area contributed by atoms with E-state index < -0.39 is 0 Å². The third kappa shape index (κ3) is 2.23. The van der Waals surface area contributed by atoms with Crippen molar-refractivity contribution in [2.75, 3.05) is 18.0 Å². The standard InChI is InChI=1S/C13H18N2O/c1-3-11-5-7-15(9-11)13-8-12(10(2)16)4-6-14-13/h4,6,8,11H,3,5,7,9H2,1-2H3. The van der Waals surface area contributed by atoms with E-state index in [0.29, 0.717) is 0 Å². The zero-order valence-corrected chi connectivity index (χ0v) is 9.94. The third-order valence-corrected chi connectivity index (χ3v) is 3.34. The molecule has 16 heavy (non-hydrogen) atoms. The van der Waals surface area contributed by atoms with Crippen LogP contribution in [-0.4, -0.2) is 23.9 Å². The summed E-state index contributed by atoms with van der Waals surface area (Å²) in [6, 6.07) is 3.68. The molecule has 0 aromatic carbocycles. The topological polar surface area (TPSA) is 33.2 Å². The number of hydrogen-bond acceptors (Lipinski definition) is 3. The van der Waals surface area contributed by atoms with E-state index in [1.165, 1.54) is 12.8 Å². The number of pyridine rings is 1. The highest BCUT2D eigenvalue weighted by atomic mass is 16.1. The molecule has 86 valence electrons. The van der Waals surface area contributed by atoms with E-state index in [1.807, 2.05) is 6.07 Å². The molecule has 0 radical (unpaired) electrons.